The van der Waals surface area contributed by atoms with Crippen LogP contribution in [0.15, 0.2) is 12.3 Å². The van der Waals surface area contributed by atoms with Gasteiger partial charge in [0.2, 0.25) is 0 Å². The molecule has 3 aromatic heterocycles. The van der Waals surface area contributed by atoms with E-state index in [9.17, 15) is 5.11 Å². The molecule has 0 amide bonds. The van der Waals surface area contributed by atoms with Crippen LogP contribution in [0.3, 0.4) is 0 Å². The van der Waals surface area contributed by atoms with Crippen molar-refractivity contribution in [1.29, 1.82) is 0 Å². The van der Waals surface area contributed by atoms with Crippen LogP contribution in [-0.4, -0.2) is 67.5 Å². The van der Waals surface area contributed by atoms with Crippen molar-refractivity contribution in [3.8, 4) is 6.01 Å². The van der Waals surface area contributed by atoms with Crippen LogP contribution < -0.4 is 10.1 Å². The average molecular weight is 451 g/mol. The molecular weight excluding hydrogens is 424 g/mol. The van der Waals surface area contributed by atoms with Crippen LogP contribution in [0, 0.1) is 6.92 Å². The van der Waals surface area contributed by atoms with Gasteiger partial charge in [-0.25, -0.2) is 4.98 Å². The minimum Gasteiger partial charge on any atom is -0.456 e. The first-order valence-corrected chi connectivity index (χ1v) is 10.7. The van der Waals surface area contributed by atoms with E-state index >= 15 is 0 Å². The smallest absolute Gasteiger partial charge is 0.296 e. The third kappa shape index (κ3) is 4.33. The number of H-pyrrole nitrogens is 1. The lowest BCUT2D eigenvalue weighted by Crippen LogP contribution is -2.34. The number of nitrogens with one attached hydrogen (secondary N) is 2. The largest absolute Gasteiger partial charge is 0.456 e. The number of aliphatic hydroxyl groups excluding tert-OH is 1. The van der Waals surface area contributed by atoms with Gasteiger partial charge in [-0.05, 0) is 18.6 Å². The maximum atomic E-state index is 9.84. The summed E-state index contributed by atoms with van der Waals surface area (Å²) in [5, 5.41) is 17.9. The topological polar surface area (TPSA) is 119 Å². The van der Waals surface area contributed by atoms with Gasteiger partial charge in [-0.2, -0.15) is 10.1 Å². The van der Waals surface area contributed by atoms with Gasteiger partial charge in [0.15, 0.2) is 11.8 Å². The first kappa shape index (κ1) is 21.8. The van der Waals surface area contributed by atoms with Crippen LogP contribution in [0.25, 0.3) is 11.2 Å². The van der Waals surface area contributed by atoms with E-state index in [4.69, 9.17) is 25.8 Å². The zero-order valence-electron chi connectivity index (χ0n) is 17.9. The lowest BCUT2D eigenvalue weighted by molar-refractivity contribution is 0.00706. The minimum absolute atomic E-state index is 0.247. The highest BCUT2D eigenvalue weighted by Crippen LogP contribution is 2.30. The van der Waals surface area contributed by atoms with Crippen LogP contribution >= 0.6 is 11.6 Å². The fraction of sp³-hybridized carbons (Fsp3) is 0.550. The number of pyridine rings is 1. The maximum Gasteiger partial charge on any atom is 0.296 e. The van der Waals surface area contributed by atoms with Gasteiger partial charge in [0.25, 0.3) is 6.01 Å². The number of fused-ring (bicyclic) bond motifs is 2. The molecule has 10 nitrogen and oxygen atoms in total. The van der Waals surface area contributed by atoms with Gasteiger partial charge in [0.05, 0.1) is 36.0 Å². The highest BCUT2D eigenvalue weighted by atomic mass is 35.5. The third-order valence-electron chi connectivity index (χ3n) is 5.19. The molecule has 168 valence electrons. The lowest BCUT2D eigenvalue weighted by atomic mass is 10.1. The molecule has 2 aliphatic rings. The van der Waals surface area contributed by atoms with Crippen molar-refractivity contribution in [2.75, 3.05) is 18.5 Å². The molecule has 5 heterocycles. The van der Waals surface area contributed by atoms with Gasteiger partial charge in [-0.3, -0.25) is 4.68 Å². The van der Waals surface area contributed by atoms with E-state index in [1.165, 1.54) is 0 Å². The average Bonchev–Trinajstić information content (AvgIpc) is 3.49. The summed E-state index contributed by atoms with van der Waals surface area (Å²) in [7, 11) is 1.88. The monoisotopic (exact) mass is 450 g/mol. The Morgan fingerprint density at radius 2 is 2.06 bits per heavy atom. The van der Waals surface area contributed by atoms with Gasteiger partial charge < -0.3 is 29.6 Å². The molecule has 0 bridgehead atoms. The molecular formula is C20H27ClN6O4. The second-order valence-electron chi connectivity index (χ2n) is 7.34. The Morgan fingerprint density at radius 3 is 2.81 bits per heavy atom. The number of imidazole rings is 1. The molecule has 3 aromatic rings. The Hall–Kier alpha value is -2.40. The highest BCUT2D eigenvalue weighted by molar-refractivity contribution is 6.33. The molecule has 0 unspecified atom stereocenters. The number of hydrogen-bond acceptors (Lipinski definition) is 8. The number of halogens is 1. The molecule has 2 fully saturated rings. The van der Waals surface area contributed by atoms with Crippen LogP contribution in [0.2, 0.25) is 5.02 Å². The van der Waals surface area contributed by atoms with Crippen molar-refractivity contribution in [2.24, 2.45) is 7.05 Å². The molecule has 3 N–H and O–H groups in total. The van der Waals surface area contributed by atoms with Crippen LogP contribution in [-0.2, 0) is 23.1 Å². The normalized spacial score (nSPS) is 24.7. The molecule has 0 aromatic carbocycles. The molecule has 11 heteroatoms. The molecule has 5 rings (SSSR count). The zero-order valence-corrected chi connectivity index (χ0v) is 18.7. The number of ether oxygens (including phenoxy) is 3. The van der Waals surface area contributed by atoms with Gasteiger partial charge in [0, 0.05) is 13.2 Å². The summed E-state index contributed by atoms with van der Waals surface area (Å²) >= 11 is 6.38. The van der Waals surface area contributed by atoms with E-state index in [1.54, 1.807) is 10.7 Å². The first-order valence-electron chi connectivity index (χ1n) is 10.3. The van der Waals surface area contributed by atoms with E-state index in [0.29, 0.717) is 41.2 Å². The number of aromatic amines is 1. The molecule has 2 saturated heterocycles. The zero-order chi connectivity index (χ0) is 22.1. The number of aryl methyl sites for hydroxylation is 2. The lowest BCUT2D eigenvalue weighted by Gasteiger charge is -2.15. The van der Waals surface area contributed by atoms with Gasteiger partial charge >= 0.3 is 0 Å². The van der Waals surface area contributed by atoms with E-state index in [1.807, 2.05) is 34.0 Å². The number of anilines is 1. The fourth-order valence-corrected chi connectivity index (χ4v) is 3.98. The maximum absolute atomic E-state index is 9.84. The second-order valence-corrected chi connectivity index (χ2v) is 7.74. The van der Waals surface area contributed by atoms with E-state index < -0.39 is 6.10 Å². The first-order chi connectivity index (χ1) is 15.0. The predicted octanol–water partition coefficient (Wildman–Crippen LogP) is 2.20. The highest BCUT2D eigenvalue weighted by Gasteiger charge is 2.48. The molecule has 0 spiro atoms. The standard InChI is InChI=1S/C18H21ClN6O4.C2H6/c1-8-5-25(2)24-11(8)4-20-16-9(19)3-10-17(22-16)23-18(21-10)29-13-7-28-14-12(26)6-27-15(13)14;1-2/h3,5,12-15,26H,4,6-7H2,1-2H3,(H2,20,21,22,23);1-2H3/t12-,13-,14-,15-;/m1./s1. The van der Waals surface area contributed by atoms with Crippen molar-refractivity contribution in [3.05, 3.63) is 28.5 Å². The predicted molar refractivity (Wildman–Crippen MR) is 115 cm³/mol. The molecule has 0 saturated carbocycles. The van der Waals surface area contributed by atoms with Crippen LogP contribution in [0.4, 0.5) is 5.82 Å². The fourth-order valence-electron chi connectivity index (χ4n) is 3.76. The van der Waals surface area contributed by atoms with E-state index in [0.717, 1.165) is 11.3 Å². The number of hydrogen-bond donors (Lipinski definition) is 3. The number of aromatic nitrogens is 5. The number of nitrogens with zero attached hydrogens (tertiary/aromatic N) is 4. The summed E-state index contributed by atoms with van der Waals surface area (Å²) in [5.74, 6) is 0.522. The molecule has 0 aliphatic carbocycles. The Bertz CT molecular complexity index is 1050. The van der Waals surface area contributed by atoms with Crippen molar-refractivity contribution >= 4 is 28.6 Å². The Labute approximate surface area is 184 Å². The number of aliphatic hydroxyl groups is 1. The summed E-state index contributed by atoms with van der Waals surface area (Å²) in [6, 6.07) is 2.06. The Balaban J connectivity index is 0.00000112. The van der Waals surface area contributed by atoms with Crippen molar-refractivity contribution < 1.29 is 19.3 Å². The summed E-state index contributed by atoms with van der Waals surface area (Å²) in [4.78, 5) is 12.0. The van der Waals surface area contributed by atoms with Crippen LogP contribution in [0.5, 0.6) is 6.01 Å². The summed E-state index contributed by atoms with van der Waals surface area (Å²) in [5.41, 5.74) is 3.15. The Kier molecular flexibility index (Phi) is 6.33. The van der Waals surface area contributed by atoms with Gasteiger partial charge in [0.1, 0.15) is 24.1 Å². The van der Waals surface area contributed by atoms with E-state index in [-0.39, 0.29) is 24.9 Å². The molecule has 31 heavy (non-hydrogen) atoms. The van der Waals surface area contributed by atoms with Crippen molar-refractivity contribution in [1.82, 2.24) is 24.7 Å². The van der Waals surface area contributed by atoms with Crippen molar-refractivity contribution in [3.63, 3.8) is 0 Å². The molecule has 0 radical (unpaired) electrons. The second kappa shape index (κ2) is 8.99. The summed E-state index contributed by atoms with van der Waals surface area (Å²) < 4.78 is 18.8. The van der Waals surface area contributed by atoms with Crippen molar-refractivity contribution in [2.45, 2.75) is 51.7 Å². The third-order valence-corrected chi connectivity index (χ3v) is 5.48. The molecule has 2 aliphatic heterocycles. The minimum atomic E-state index is -0.624. The SMILES string of the molecule is CC.Cc1cn(C)nc1CNc1nc2nc(O[C@@H]3CO[C@H]4[C@@H]3OC[C@H]4O)[nH]c2cc1Cl. The molecule has 4 atom stereocenters. The van der Waals surface area contributed by atoms with Gasteiger partial charge in [-0.15, -0.1) is 0 Å². The van der Waals surface area contributed by atoms with Gasteiger partial charge in [-0.1, -0.05) is 25.4 Å². The summed E-state index contributed by atoms with van der Waals surface area (Å²) in [6.45, 7) is 7.08. The quantitative estimate of drug-likeness (QED) is 0.541. The Morgan fingerprint density at radius 1 is 1.29 bits per heavy atom. The van der Waals surface area contributed by atoms with Crippen LogP contribution in [0.1, 0.15) is 25.1 Å². The number of rotatable bonds is 5. The van der Waals surface area contributed by atoms with E-state index in [2.05, 4.69) is 25.4 Å². The summed E-state index contributed by atoms with van der Waals surface area (Å²) in [6.07, 6.45) is 0.312.